The molecule has 0 saturated heterocycles. The lowest BCUT2D eigenvalue weighted by Gasteiger charge is -2.19. The Kier molecular flexibility index (Phi) is 3.39. The number of amides is 2. The largest absolute Gasteiger partial charge is 0.322 e. The molecule has 25 heavy (non-hydrogen) atoms. The fourth-order valence-electron chi connectivity index (χ4n) is 3.32. The van der Waals surface area contributed by atoms with Crippen molar-refractivity contribution in [1.29, 1.82) is 0 Å². The van der Waals surface area contributed by atoms with Gasteiger partial charge in [-0.3, -0.25) is 14.6 Å². The number of hydrogen-bond donors (Lipinski definition) is 1. The average molecular weight is 339 g/mol. The van der Waals surface area contributed by atoms with Gasteiger partial charge in [0.1, 0.15) is 0 Å². The van der Waals surface area contributed by atoms with Crippen molar-refractivity contribution in [2.24, 2.45) is 0 Å². The smallest absolute Gasteiger partial charge is 0.258 e. The minimum Gasteiger partial charge on any atom is -0.322 e. The molecule has 128 valence electrons. The minimum atomic E-state index is -0.669. The highest BCUT2D eigenvalue weighted by Crippen LogP contribution is 2.47. The maximum absolute atomic E-state index is 13.7. The van der Waals surface area contributed by atoms with Gasteiger partial charge in [-0.25, -0.2) is 4.39 Å². The summed E-state index contributed by atoms with van der Waals surface area (Å²) in [6.07, 6.45) is 4.38. The minimum absolute atomic E-state index is 0.0639. The van der Waals surface area contributed by atoms with Gasteiger partial charge in [-0.1, -0.05) is 6.07 Å². The number of hydrogen-bond acceptors (Lipinski definition) is 3. The highest BCUT2D eigenvalue weighted by molar-refractivity contribution is 6.10. The summed E-state index contributed by atoms with van der Waals surface area (Å²) in [5, 5.41) is 2.71. The molecule has 1 saturated carbocycles. The first-order chi connectivity index (χ1) is 11.9. The van der Waals surface area contributed by atoms with Gasteiger partial charge in [0.05, 0.1) is 22.9 Å². The molecule has 1 fully saturated rings. The van der Waals surface area contributed by atoms with Crippen LogP contribution >= 0.6 is 0 Å². The Balaban J connectivity index is 1.67. The number of benzene rings is 1. The number of nitrogens with zero attached hydrogens (tertiary/aromatic N) is 2. The summed E-state index contributed by atoms with van der Waals surface area (Å²) in [4.78, 5) is 30.5. The third-order valence-electron chi connectivity index (χ3n) is 4.87. The van der Waals surface area contributed by atoms with Crippen molar-refractivity contribution < 1.29 is 14.0 Å². The topological polar surface area (TPSA) is 62.3 Å². The number of pyridine rings is 1. The summed E-state index contributed by atoms with van der Waals surface area (Å²) in [5.41, 5.74) is 1.70. The number of nitrogens with one attached hydrogen (secondary N) is 1. The molecule has 1 aromatic heterocycles. The Hall–Kier alpha value is -2.76. The zero-order chi connectivity index (χ0) is 17.8. The standard InChI is InChI=1S/C19H18FN3O2/c1-19(2)14-6-3-11(9-16(14)23(18(19)25)12-4-5-12)22-17(24)13-7-8-21-10-15(13)20/h3,6-10,12H,4-5H2,1-2H3,(H,22,24). The molecule has 0 spiro atoms. The van der Waals surface area contributed by atoms with Crippen LogP contribution in [0.15, 0.2) is 36.7 Å². The number of rotatable bonds is 3. The van der Waals surface area contributed by atoms with Crippen molar-refractivity contribution >= 4 is 23.2 Å². The van der Waals surface area contributed by atoms with Crippen molar-refractivity contribution in [3.8, 4) is 0 Å². The van der Waals surface area contributed by atoms with Crippen LogP contribution in [0.2, 0.25) is 0 Å². The number of carbonyl (C=O) groups excluding carboxylic acids is 2. The number of anilines is 2. The maximum Gasteiger partial charge on any atom is 0.258 e. The molecule has 1 aliphatic heterocycles. The quantitative estimate of drug-likeness (QED) is 0.934. The van der Waals surface area contributed by atoms with E-state index in [1.807, 2.05) is 24.8 Å². The van der Waals surface area contributed by atoms with Crippen molar-refractivity contribution in [1.82, 2.24) is 4.98 Å². The molecular formula is C19H18FN3O2. The fraction of sp³-hybridized carbons (Fsp3) is 0.316. The molecule has 2 amide bonds. The lowest BCUT2D eigenvalue weighted by molar-refractivity contribution is -0.122. The fourth-order valence-corrected chi connectivity index (χ4v) is 3.32. The number of fused-ring (bicyclic) bond motifs is 1. The van der Waals surface area contributed by atoms with E-state index in [0.29, 0.717) is 5.69 Å². The molecule has 1 aliphatic carbocycles. The van der Waals surface area contributed by atoms with Gasteiger partial charge in [0, 0.05) is 17.9 Å². The van der Waals surface area contributed by atoms with Gasteiger partial charge in [0.2, 0.25) is 5.91 Å². The van der Waals surface area contributed by atoms with E-state index < -0.39 is 17.1 Å². The van der Waals surface area contributed by atoms with E-state index in [4.69, 9.17) is 0 Å². The van der Waals surface area contributed by atoms with Gasteiger partial charge in [-0.2, -0.15) is 0 Å². The summed E-state index contributed by atoms with van der Waals surface area (Å²) >= 11 is 0. The predicted octanol–water partition coefficient (Wildman–Crippen LogP) is 3.26. The molecule has 2 aliphatic rings. The Morgan fingerprint density at radius 1 is 1.32 bits per heavy atom. The van der Waals surface area contributed by atoms with Crippen LogP contribution in [-0.4, -0.2) is 22.8 Å². The first kappa shape index (κ1) is 15.7. The molecule has 1 N–H and O–H groups in total. The summed E-state index contributed by atoms with van der Waals surface area (Å²) < 4.78 is 13.7. The second-order valence-electron chi connectivity index (χ2n) is 7.07. The van der Waals surface area contributed by atoms with Crippen molar-refractivity contribution in [2.45, 2.75) is 38.1 Å². The molecule has 4 rings (SSSR count). The lowest BCUT2D eigenvalue weighted by atomic mass is 9.86. The van der Waals surface area contributed by atoms with Gasteiger partial charge in [-0.05, 0) is 50.5 Å². The van der Waals surface area contributed by atoms with Crippen molar-refractivity contribution in [2.75, 3.05) is 10.2 Å². The molecule has 2 heterocycles. The molecule has 5 nitrogen and oxygen atoms in total. The highest BCUT2D eigenvalue weighted by atomic mass is 19.1. The van der Waals surface area contributed by atoms with E-state index in [0.717, 1.165) is 30.3 Å². The number of aromatic nitrogens is 1. The molecule has 6 heteroatoms. The third kappa shape index (κ3) is 2.49. The van der Waals surface area contributed by atoms with Crippen LogP contribution < -0.4 is 10.2 Å². The van der Waals surface area contributed by atoms with E-state index in [1.165, 1.54) is 12.3 Å². The van der Waals surface area contributed by atoms with Crippen LogP contribution in [0.3, 0.4) is 0 Å². The van der Waals surface area contributed by atoms with E-state index in [-0.39, 0.29) is 17.5 Å². The zero-order valence-corrected chi connectivity index (χ0v) is 14.0. The number of carbonyl (C=O) groups is 2. The lowest BCUT2D eigenvalue weighted by Crippen LogP contribution is -2.37. The van der Waals surface area contributed by atoms with Gasteiger partial charge < -0.3 is 10.2 Å². The first-order valence-corrected chi connectivity index (χ1v) is 8.28. The monoisotopic (exact) mass is 339 g/mol. The van der Waals surface area contributed by atoms with Crippen LogP contribution in [0.5, 0.6) is 0 Å². The first-order valence-electron chi connectivity index (χ1n) is 8.28. The average Bonchev–Trinajstić information content (AvgIpc) is 3.37. The molecule has 0 unspecified atom stereocenters. The molecule has 2 aromatic rings. The van der Waals surface area contributed by atoms with E-state index >= 15 is 0 Å². The van der Waals surface area contributed by atoms with Crippen LogP contribution in [0, 0.1) is 5.82 Å². The molecule has 0 bridgehead atoms. The summed E-state index contributed by atoms with van der Waals surface area (Å²) in [6.45, 7) is 3.84. The van der Waals surface area contributed by atoms with Crippen LogP contribution in [0.4, 0.5) is 15.8 Å². The molecule has 1 aromatic carbocycles. The molecule has 0 atom stereocenters. The Bertz CT molecular complexity index is 890. The van der Waals surface area contributed by atoms with Gasteiger partial charge >= 0.3 is 0 Å². The second kappa shape index (κ2) is 5.37. The molecule has 0 radical (unpaired) electrons. The van der Waals surface area contributed by atoms with Crippen molar-refractivity contribution in [3.05, 3.63) is 53.6 Å². The summed E-state index contributed by atoms with van der Waals surface area (Å²) in [5.74, 6) is -1.12. The highest BCUT2D eigenvalue weighted by Gasteiger charge is 2.48. The van der Waals surface area contributed by atoms with Gasteiger partial charge in [0.15, 0.2) is 5.82 Å². The SMILES string of the molecule is CC1(C)C(=O)N(C2CC2)c2cc(NC(=O)c3ccncc3F)ccc21. The van der Waals surface area contributed by atoms with Crippen LogP contribution in [0.25, 0.3) is 0 Å². The zero-order valence-electron chi connectivity index (χ0n) is 14.0. The predicted molar refractivity (Wildman–Crippen MR) is 92.1 cm³/mol. The van der Waals surface area contributed by atoms with Gasteiger partial charge in [0.25, 0.3) is 5.91 Å². The van der Waals surface area contributed by atoms with Crippen molar-refractivity contribution in [3.63, 3.8) is 0 Å². The normalized spacial score (nSPS) is 18.2. The van der Waals surface area contributed by atoms with E-state index in [2.05, 4.69) is 10.3 Å². The Labute approximate surface area is 144 Å². The third-order valence-corrected chi connectivity index (χ3v) is 4.87. The second-order valence-corrected chi connectivity index (χ2v) is 7.07. The number of halogens is 1. The molecular weight excluding hydrogens is 321 g/mol. The summed E-state index contributed by atoms with van der Waals surface area (Å²) in [6, 6.07) is 7.00. The summed E-state index contributed by atoms with van der Waals surface area (Å²) in [7, 11) is 0. The van der Waals surface area contributed by atoms with E-state index in [9.17, 15) is 14.0 Å². The van der Waals surface area contributed by atoms with E-state index in [1.54, 1.807) is 12.1 Å². The Morgan fingerprint density at radius 3 is 2.76 bits per heavy atom. The van der Waals surface area contributed by atoms with Crippen LogP contribution in [-0.2, 0) is 10.2 Å². The Morgan fingerprint density at radius 2 is 2.08 bits per heavy atom. The van der Waals surface area contributed by atoms with Crippen LogP contribution in [0.1, 0.15) is 42.6 Å². The maximum atomic E-state index is 13.7. The van der Waals surface area contributed by atoms with Gasteiger partial charge in [-0.15, -0.1) is 0 Å².